The molecule has 332 valence electrons. The maximum Gasteiger partial charge on any atom is 0.222 e. The Labute approximate surface area is 355 Å². The molecule has 1 fully saturated rings. The smallest absolute Gasteiger partial charge is 0.222 e. The highest BCUT2D eigenvalue weighted by Gasteiger charge is 2.23. The topological polar surface area (TPSA) is 164 Å². The van der Waals surface area contributed by atoms with Gasteiger partial charge < -0.3 is 36.0 Å². The molecule has 13 heteroatoms. The Morgan fingerprint density at radius 2 is 1.36 bits per heavy atom. The summed E-state index contributed by atoms with van der Waals surface area (Å²) < 4.78 is 7.76. The number of anilines is 3. The van der Waals surface area contributed by atoms with Crippen molar-refractivity contribution in [3.63, 3.8) is 0 Å². The summed E-state index contributed by atoms with van der Waals surface area (Å²) in [7, 11) is 2.70. The van der Waals surface area contributed by atoms with Crippen molar-refractivity contribution in [2.24, 2.45) is 0 Å². The number of carbonyl (C=O) groups is 2. The molecule has 0 spiro atoms. The first-order valence-corrected chi connectivity index (χ1v) is 23.0. The van der Waals surface area contributed by atoms with Gasteiger partial charge in [0.15, 0.2) is 11.3 Å². The Bertz CT molecular complexity index is 1620. The summed E-state index contributed by atoms with van der Waals surface area (Å²) >= 11 is 0. The number of methoxy groups -OCH3 is 1. The summed E-state index contributed by atoms with van der Waals surface area (Å²) in [6, 6.07) is 4.29. The quantitative estimate of drug-likeness (QED) is 0.0498. The van der Waals surface area contributed by atoms with Crippen molar-refractivity contribution in [2.75, 3.05) is 69.4 Å². The summed E-state index contributed by atoms with van der Waals surface area (Å²) in [6.45, 7) is 11.4. The summed E-state index contributed by atoms with van der Waals surface area (Å²) in [5.74, 6) is 2.03. The van der Waals surface area contributed by atoms with Crippen molar-refractivity contribution < 1.29 is 19.4 Å². The number of aryl methyl sites for hydroxylation is 1. The summed E-state index contributed by atoms with van der Waals surface area (Å²) in [5, 5.41) is 18.2. The highest BCUT2D eigenvalue weighted by atomic mass is 16.5. The lowest BCUT2D eigenvalue weighted by atomic mass is 10.0. The molecule has 1 aliphatic rings. The van der Waals surface area contributed by atoms with Crippen LogP contribution >= 0.6 is 0 Å². The lowest BCUT2D eigenvalue weighted by Gasteiger charge is -2.36. The Morgan fingerprint density at radius 3 is 1.97 bits per heavy atom. The minimum absolute atomic E-state index is 0.145. The molecule has 2 amide bonds. The Balaban J connectivity index is 0.00000458. The Hall–Kier alpha value is -4.13. The van der Waals surface area contributed by atoms with Gasteiger partial charge in [0, 0.05) is 76.5 Å². The number of ether oxygens (including phenoxy) is 1. The zero-order valence-corrected chi connectivity index (χ0v) is 37.5. The number of nitrogens with two attached hydrogens (primary N) is 1. The highest BCUT2D eigenvalue weighted by molar-refractivity contribution is 5.85. The fourth-order valence-electron chi connectivity index (χ4n) is 7.81. The number of nitrogens with zero attached hydrogens (tertiary/aromatic N) is 6. The van der Waals surface area contributed by atoms with Gasteiger partial charge in [0.1, 0.15) is 11.3 Å². The third-order valence-electron chi connectivity index (χ3n) is 11.4. The number of aliphatic hydroxyl groups is 1. The zero-order valence-electron chi connectivity index (χ0n) is 37.5. The number of nitrogens with one attached hydrogen (secondary N) is 2. The van der Waals surface area contributed by atoms with E-state index in [4.69, 9.17) is 20.7 Å². The fraction of sp³-hybridized carbons (Fsp3) is 0.717. The van der Waals surface area contributed by atoms with E-state index >= 15 is 0 Å². The van der Waals surface area contributed by atoms with Gasteiger partial charge in [-0.3, -0.25) is 14.3 Å². The first kappa shape index (κ1) is 49.2. The maximum absolute atomic E-state index is 13.0. The van der Waals surface area contributed by atoms with E-state index < -0.39 is 0 Å². The fourth-order valence-corrected chi connectivity index (χ4v) is 7.81. The molecule has 0 bridgehead atoms. The van der Waals surface area contributed by atoms with E-state index in [-0.39, 0.29) is 17.8 Å². The lowest BCUT2D eigenvalue weighted by molar-refractivity contribution is -0.131. The molecule has 5 N–H and O–H groups in total. The average Bonchev–Trinajstić information content (AvgIpc) is 3.66. The second-order valence-corrected chi connectivity index (χ2v) is 16.1. The van der Waals surface area contributed by atoms with Crippen LogP contribution in [0.4, 0.5) is 17.5 Å². The van der Waals surface area contributed by atoms with E-state index in [1.165, 1.54) is 83.5 Å². The number of hydrogen-bond acceptors (Lipinski definition) is 10. The number of fused-ring (bicyclic) bond motifs is 1. The van der Waals surface area contributed by atoms with Gasteiger partial charge in [-0.05, 0) is 44.2 Å². The molecule has 3 aromatic rings. The highest BCUT2D eigenvalue weighted by Crippen LogP contribution is 2.31. The Kier molecular flexibility index (Phi) is 24.3. The lowest BCUT2D eigenvalue weighted by Crippen LogP contribution is -2.48. The molecular weight excluding hydrogens is 743 g/mol. The van der Waals surface area contributed by atoms with Gasteiger partial charge >= 0.3 is 0 Å². The normalized spacial score (nSPS) is 12.7. The third-order valence-corrected chi connectivity index (χ3v) is 11.4. The van der Waals surface area contributed by atoms with Gasteiger partial charge in [-0.2, -0.15) is 10.1 Å². The van der Waals surface area contributed by atoms with Crippen molar-refractivity contribution >= 4 is 40.3 Å². The van der Waals surface area contributed by atoms with Gasteiger partial charge in [0.2, 0.25) is 17.8 Å². The molecule has 0 saturated carbocycles. The van der Waals surface area contributed by atoms with Crippen molar-refractivity contribution in [3.05, 3.63) is 29.5 Å². The minimum atomic E-state index is 0.145. The predicted octanol–water partition coefficient (Wildman–Crippen LogP) is 8.79. The number of carbonyl (C=O) groups excluding carboxylic acids is 2. The van der Waals surface area contributed by atoms with Crippen LogP contribution in [-0.2, 0) is 16.1 Å². The molecule has 1 saturated heterocycles. The van der Waals surface area contributed by atoms with Crippen LogP contribution in [0.1, 0.15) is 160 Å². The van der Waals surface area contributed by atoms with E-state index in [2.05, 4.69) is 58.4 Å². The number of piperazine rings is 1. The molecule has 0 radical (unpaired) electrons. The van der Waals surface area contributed by atoms with Crippen LogP contribution in [0, 0.1) is 6.92 Å². The molecular formula is C46H79N9O4. The van der Waals surface area contributed by atoms with Crippen molar-refractivity contribution in [1.82, 2.24) is 30.0 Å². The number of unbranched alkanes of at least 4 members (excludes halogenated alkanes) is 16. The summed E-state index contributed by atoms with van der Waals surface area (Å²) in [6.07, 6.45) is 26.7. The summed E-state index contributed by atoms with van der Waals surface area (Å²) in [5.41, 5.74) is 10.7. The molecule has 59 heavy (non-hydrogen) atoms. The molecule has 0 atom stereocenters. The Morgan fingerprint density at radius 1 is 0.763 bits per heavy atom. The van der Waals surface area contributed by atoms with E-state index in [9.17, 15) is 9.59 Å². The largest absolute Gasteiger partial charge is 0.496 e. The molecule has 13 nitrogen and oxygen atoms in total. The summed E-state index contributed by atoms with van der Waals surface area (Å²) in [4.78, 5) is 38.4. The minimum Gasteiger partial charge on any atom is -0.496 e. The SMILES string of the molecule is CCCCCCCCCCCCCCCCCC(=O)NCCCCC(=O)N1CCN(c2cc(C)c(Cn3cc4nc(N)nc(NCCCC)c4n3)c(OC)c2)CC1.CO. The number of aromatic nitrogens is 4. The van der Waals surface area contributed by atoms with Crippen LogP contribution in [0.15, 0.2) is 18.3 Å². The van der Waals surface area contributed by atoms with Crippen LogP contribution in [0.2, 0.25) is 0 Å². The van der Waals surface area contributed by atoms with Gasteiger partial charge in [-0.25, -0.2) is 4.98 Å². The van der Waals surface area contributed by atoms with E-state index in [0.717, 1.165) is 87.8 Å². The van der Waals surface area contributed by atoms with Crippen molar-refractivity contribution in [3.8, 4) is 5.75 Å². The second-order valence-electron chi connectivity index (χ2n) is 16.1. The van der Waals surface area contributed by atoms with Gasteiger partial charge in [0.25, 0.3) is 0 Å². The molecule has 3 heterocycles. The van der Waals surface area contributed by atoms with Gasteiger partial charge in [0.05, 0.1) is 19.9 Å². The van der Waals surface area contributed by atoms with Crippen LogP contribution in [-0.4, -0.2) is 95.1 Å². The average molecular weight is 822 g/mol. The monoisotopic (exact) mass is 822 g/mol. The van der Waals surface area contributed by atoms with Crippen LogP contribution < -0.4 is 26.0 Å². The van der Waals surface area contributed by atoms with E-state index in [1.807, 2.05) is 15.8 Å². The molecule has 2 aromatic heterocycles. The predicted molar refractivity (Wildman–Crippen MR) is 243 cm³/mol. The number of benzene rings is 1. The number of amides is 2. The molecule has 0 unspecified atom stereocenters. The van der Waals surface area contributed by atoms with Gasteiger partial charge in [-0.1, -0.05) is 110 Å². The van der Waals surface area contributed by atoms with Crippen molar-refractivity contribution in [2.45, 2.75) is 162 Å². The zero-order chi connectivity index (χ0) is 42.7. The van der Waals surface area contributed by atoms with Crippen LogP contribution in [0.25, 0.3) is 11.0 Å². The molecule has 1 aliphatic heterocycles. The standard InChI is InChI=1S/C45H75N9O3.CH4O/c1-5-7-9-10-11-12-13-14-15-16-17-18-19-20-21-24-41(55)47-27-23-22-25-42(56)53-30-28-52(29-31-53)37-32-36(3)38(40(33-37)57-4)34-54-35-39-43(51-54)44(48-26-8-6-2)50-45(46)49-39;1-2/h32-33,35H,5-31,34H2,1-4H3,(H,47,55)(H3,46,48,49,50);2H,1H3. The van der Waals surface area contributed by atoms with Gasteiger partial charge in [-0.15, -0.1) is 0 Å². The van der Waals surface area contributed by atoms with E-state index in [1.54, 1.807) is 7.11 Å². The first-order valence-electron chi connectivity index (χ1n) is 23.0. The second kappa shape index (κ2) is 29.2. The number of nitrogen functional groups attached to an aromatic ring is 1. The van der Waals surface area contributed by atoms with Crippen LogP contribution in [0.5, 0.6) is 5.75 Å². The van der Waals surface area contributed by atoms with Crippen molar-refractivity contribution in [1.29, 1.82) is 0 Å². The first-order chi connectivity index (χ1) is 28.8. The molecule has 0 aliphatic carbocycles. The van der Waals surface area contributed by atoms with E-state index in [0.29, 0.717) is 55.9 Å². The molecule has 4 rings (SSSR count). The number of rotatable bonds is 29. The number of hydrogen-bond donors (Lipinski definition) is 4. The number of aliphatic hydroxyl groups excluding tert-OH is 1. The van der Waals surface area contributed by atoms with Crippen LogP contribution in [0.3, 0.4) is 0 Å². The third kappa shape index (κ3) is 17.9. The maximum atomic E-state index is 13.0. The molecule has 1 aromatic carbocycles.